The molecule has 2 saturated heterocycles. The molecule has 0 radical (unpaired) electrons. The molecular weight excluding hydrogens is 464 g/mol. The monoisotopic (exact) mass is 500 g/mol. The number of ketones is 2. The molecule has 0 spiro atoms. The molecular formula is C28H36O8. The highest BCUT2D eigenvalue weighted by Crippen LogP contribution is 2.20. The first-order valence-electron chi connectivity index (χ1n) is 13.1. The summed E-state index contributed by atoms with van der Waals surface area (Å²) in [7, 11) is 0. The lowest BCUT2D eigenvalue weighted by Gasteiger charge is -2.26. The van der Waals surface area contributed by atoms with Crippen molar-refractivity contribution in [1.82, 2.24) is 0 Å². The number of rotatable bonds is 0. The fourth-order valence-electron chi connectivity index (χ4n) is 4.35. The maximum atomic E-state index is 11.6. The van der Waals surface area contributed by atoms with Crippen LogP contribution in [0.3, 0.4) is 0 Å². The lowest BCUT2D eigenvalue weighted by atomic mass is 10.0. The zero-order valence-corrected chi connectivity index (χ0v) is 20.9. The minimum atomic E-state index is -0.271. The molecule has 0 aromatic carbocycles. The Morgan fingerprint density at radius 1 is 0.583 bits per heavy atom. The fourth-order valence-corrected chi connectivity index (χ4v) is 4.35. The number of Topliss-reactive ketones (excluding diaryl/α,β-unsaturated/α-hetero) is 2. The van der Waals surface area contributed by atoms with Gasteiger partial charge in [0.15, 0.2) is 0 Å². The summed E-state index contributed by atoms with van der Waals surface area (Å²) in [5.74, 6) is 12.1. The van der Waals surface area contributed by atoms with E-state index in [9.17, 15) is 19.2 Å². The predicted octanol–water partition coefficient (Wildman–Crippen LogP) is 3.23. The van der Waals surface area contributed by atoms with Crippen LogP contribution in [0.4, 0.5) is 0 Å². The van der Waals surface area contributed by atoms with E-state index in [1.807, 2.05) is 0 Å². The standard InChI is InChI=1S/2C14H18O4/c2*15-11-9-12-5-3-1-2-4-6-14(16)17-8-7-13(10-11)18-12/h2*12-13H,1-2,4,6-10H2/t2*12-,13-/m10/s1. The number of cyclic esters (lactones) is 2. The van der Waals surface area contributed by atoms with Crippen molar-refractivity contribution >= 4 is 23.5 Å². The molecule has 4 atom stereocenters. The molecule has 8 heteroatoms. The number of ether oxygens (including phenoxy) is 4. The Kier molecular flexibility index (Phi) is 12.0. The Morgan fingerprint density at radius 2 is 1.03 bits per heavy atom. The van der Waals surface area contributed by atoms with Gasteiger partial charge in [-0.25, -0.2) is 0 Å². The van der Waals surface area contributed by atoms with Crippen molar-refractivity contribution in [2.45, 2.75) is 114 Å². The van der Waals surface area contributed by atoms with E-state index < -0.39 is 0 Å². The molecule has 4 rings (SSSR count). The Bertz CT molecular complexity index is 828. The van der Waals surface area contributed by atoms with Gasteiger partial charge in [-0.05, 0) is 25.7 Å². The Labute approximate surface area is 213 Å². The van der Waals surface area contributed by atoms with Crippen molar-refractivity contribution in [3.63, 3.8) is 0 Å². The topological polar surface area (TPSA) is 105 Å². The second-order valence-corrected chi connectivity index (χ2v) is 9.46. The van der Waals surface area contributed by atoms with Crippen LogP contribution in [0.2, 0.25) is 0 Å². The molecule has 0 aliphatic carbocycles. The van der Waals surface area contributed by atoms with Gasteiger partial charge in [-0.15, -0.1) is 11.8 Å². The smallest absolute Gasteiger partial charge is 0.305 e. The Balaban J connectivity index is 0.000000201. The average Bonchev–Trinajstić information content (AvgIpc) is 2.84. The predicted molar refractivity (Wildman–Crippen MR) is 129 cm³/mol. The molecule has 4 aliphatic rings. The van der Waals surface area contributed by atoms with E-state index in [-0.39, 0.29) is 47.9 Å². The first kappa shape index (κ1) is 27.9. The number of fused-ring (bicyclic) bond motifs is 4. The first-order valence-corrected chi connectivity index (χ1v) is 13.1. The molecule has 0 unspecified atom stereocenters. The van der Waals surface area contributed by atoms with Crippen molar-refractivity contribution in [2.24, 2.45) is 0 Å². The van der Waals surface area contributed by atoms with Crippen molar-refractivity contribution < 1.29 is 38.1 Å². The van der Waals surface area contributed by atoms with Gasteiger partial charge in [-0.1, -0.05) is 11.8 Å². The van der Waals surface area contributed by atoms with Gasteiger partial charge in [0, 0.05) is 64.2 Å². The molecule has 0 saturated carbocycles. The van der Waals surface area contributed by atoms with Crippen LogP contribution in [0.1, 0.15) is 89.9 Å². The van der Waals surface area contributed by atoms with E-state index >= 15 is 0 Å². The van der Waals surface area contributed by atoms with E-state index in [1.165, 1.54) is 0 Å². The SMILES string of the molecule is O=C1C[C@@H]2CCOC(=O)CCCCC#C[C@@H](C1)O2.O=C1C[C@H]2CCOC(=O)CCCCC#C[C@H](C1)O2. The highest BCUT2D eigenvalue weighted by atomic mass is 16.5. The minimum Gasteiger partial charge on any atom is -0.466 e. The Morgan fingerprint density at radius 3 is 1.47 bits per heavy atom. The van der Waals surface area contributed by atoms with Crippen molar-refractivity contribution in [3.05, 3.63) is 0 Å². The second kappa shape index (κ2) is 15.4. The number of hydrogen-bond acceptors (Lipinski definition) is 8. The molecule has 2 fully saturated rings. The Hall–Kier alpha value is -2.68. The van der Waals surface area contributed by atoms with Crippen LogP contribution in [-0.2, 0) is 38.1 Å². The van der Waals surface area contributed by atoms with Crippen LogP contribution in [0, 0.1) is 23.7 Å². The molecule has 0 aromatic heterocycles. The third kappa shape index (κ3) is 10.9. The zero-order chi connectivity index (χ0) is 25.6. The third-order valence-corrected chi connectivity index (χ3v) is 6.25. The molecule has 4 aliphatic heterocycles. The zero-order valence-electron chi connectivity index (χ0n) is 20.9. The van der Waals surface area contributed by atoms with E-state index in [4.69, 9.17) is 18.9 Å². The molecule has 8 nitrogen and oxygen atoms in total. The molecule has 4 bridgehead atoms. The van der Waals surface area contributed by atoms with Crippen LogP contribution in [-0.4, -0.2) is 61.1 Å². The van der Waals surface area contributed by atoms with Gasteiger partial charge in [0.1, 0.15) is 23.8 Å². The normalized spacial score (nSPS) is 30.0. The van der Waals surface area contributed by atoms with Crippen molar-refractivity contribution in [1.29, 1.82) is 0 Å². The molecule has 0 amide bonds. The van der Waals surface area contributed by atoms with Crippen molar-refractivity contribution in [3.8, 4) is 23.7 Å². The summed E-state index contributed by atoms with van der Waals surface area (Å²) < 4.78 is 21.7. The summed E-state index contributed by atoms with van der Waals surface area (Å²) in [6.45, 7) is 0.661. The lowest BCUT2D eigenvalue weighted by Crippen LogP contribution is -2.33. The van der Waals surface area contributed by atoms with Gasteiger partial charge in [0.25, 0.3) is 0 Å². The summed E-state index contributed by atoms with van der Waals surface area (Å²) in [6, 6.07) is 0. The number of carbonyl (C=O) groups is 4. The van der Waals surface area contributed by atoms with Gasteiger partial charge in [-0.3, -0.25) is 19.2 Å². The quantitative estimate of drug-likeness (QED) is 0.369. The second-order valence-electron chi connectivity index (χ2n) is 9.46. The van der Waals surface area contributed by atoms with E-state index in [0.29, 0.717) is 64.6 Å². The minimum absolute atomic E-state index is 0.154. The van der Waals surface area contributed by atoms with Gasteiger partial charge in [-0.2, -0.15) is 0 Å². The number of carbonyl (C=O) groups excluding carboxylic acids is 4. The highest BCUT2D eigenvalue weighted by Gasteiger charge is 2.28. The summed E-state index contributed by atoms with van der Waals surface area (Å²) in [5, 5.41) is 0. The van der Waals surface area contributed by atoms with Crippen LogP contribution in [0.15, 0.2) is 0 Å². The van der Waals surface area contributed by atoms with Crippen LogP contribution in [0.5, 0.6) is 0 Å². The van der Waals surface area contributed by atoms with E-state index in [0.717, 1.165) is 38.5 Å². The summed E-state index contributed by atoms with van der Waals surface area (Å²) >= 11 is 0. The molecule has 0 N–H and O–H groups in total. The van der Waals surface area contributed by atoms with Crippen LogP contribution in [0.25, 0.3) is 0 Å². The number of esters is 2. The molecule has 4 heterocycles. The largest absolute Gasteiger partial charge is 0.466 e. The number of hydrogen-bond donors (Lipinski definition) is 0. The van der Waals surface area contributed by atoms with E-state index in [1.54, 1.807) is 0 Å². The van der Waals surface area contributed by atoms with E-state index in [2.05, 4.69) is 23.7 Å². The lowest BCUT2D eigenvalue weighted by molar-refractivity contribution is -0.147. The highest BCUT2D eigenvalue weighted by molar-refractivity contribution is 5.81. The van der Waals surface area contributed by atoms with Crippen LogP contribution >= 0.6 is 0 Å². The van der Waals surface area contributed by atoms with Gasteiger partial charge in [0.2, 0.25) is 0 Å². The fraction of sp³-hybridized carbons (Fsp3) is 0.714. The summed E-state index contributed by atoms with van der Waals surface area (Å²) in [6.07, 6.45) is 7.69. The summed E-state index contributed by atoms with van der Waals surface area (Å²) in [5.41, 5.74) is 0. The maximum Gasteiger partial charge on any atom is 0.305 e. The van der Waals surface area contributed by atoms with Crippen molar-refractivity contribution in [2.75, 3.05) is 13.2 Å². The van der Waals surface area contributed by atoms with Gasteiger partial charge >= 0.3 is 11.9 Å². The van der Waals surface area contributed by atoms with Crippen LogP contribution < -0.4 is 0 Å². The summed E-state index contributed by atoms with van der Waals surface area (Å²) in [4.78, 5) is 45.9. The average molecular weight is 501 g/mol. The van der Waals surface area contributed by atoms with Gasteiger partial charge in [0.05, 0.1) is 25.4 Å². The van der Waals surface area contributed by atoms with Gasteiger partial charge < -0.3 is 18.9 Å². The molecule has 196 valence electrons. The molecule has 36 heavy (non-hydrogen) atoms. The third-order valence-electron chi connectivity index (χ3n) is 6.25. The molecule has 0 aromatic rings. The maximum absolute atomic E-state index is 11.6. The first-order chi connectivity index (χ1) is 17.5.